The van der Waals surface area contributed by atoms with E-state index in [4.69, 9.17) is 0 Å². The lowest BCUT2D eigenvalue weighted by Gasteiger charge is -2.36. The van der Waals surface area contributed by atoms with Gasteiger partial charge in [0.05, 0.1) is 0 Å². The maximum absolute atomic E-state index is 3.73. The summed E-state index contributed by atoms with van der Waals surface area (Å²) in [6.07, 6.45) is 3.29. The second-order valence-corrected chi connectivity index (χ2v) is 5.73. The van der Waals surface area contributed by atoms with Gasteiger partial charge >= 0.3 is 0 Å². The van der Waals surface area contributed by atoms with Gasteiger partial charge in [-0.05, 0) is 25.4 Å². The van der Waals surface area contributed by atoms with Gasteiger partial charge < -0.3 is 10.2 Å². The van der Waals surface area contributed by atoms with Crippen molar-refractivity contribution in [3.05, 3.63) is 12.7 Å². The zero-order valence-electron chi connectivity index (χ0n) is 10.7. The van der Waals surface area contributed by atoms with Crippen molar-refractivity contribution >= 4 is 11.8 Å². The average molecular weight is 242 g/mol. The fourth-order valence-corrected chi connectivity index (χ4v) is 2.90. The summed E-state index contributed by atoms with van der Waals surface area (Å²) < 4.78 is 0. The first-order valence-electron chi connectivity index (χ1n) is 6.42. The smallest absolute Gasteiger partial charge is 0.0117 e. The van der Waals surface area contributed by atoms with Crippen molar-refractivity contribution < 1.29 is 0 Å². The van der Waals surface area contributed by atoms with Gasteiger partial charge in [0, 0.05) is 30.6 Å². The Labute approximate surface area is 105 Å². The van der Waals surface area contributed by atoms with E-state index in [2.05, 4.69) is 30.6 Å². The number of rotatable bonds is 7. The topological polar surface area (TPSA) is 15.3 Å². The summed E-state index contributed by atoms with van der Waals surface area (Å²) in [7, 11) is 0. The van der Waals surface area contributed by atoms with Crippen LogP contribution in [0.15, 0.2) is 12.7 Å². The van der Waals surface area contributed by atoms with Gasteiger partial charge in [-0.25, -0.2) is 0 Å². The highest BCUT2D eigenvalue weighted by molar-refractivity contribution is 7.99. The van der Waals surface area contributed by atoms with Crippen molar-refractivity contribution in [2.45, 2.75) is 26.3 Å². The van der Waals surface area contributed by atoms with E-state index in [9.17, 15) is 0 Å². The van der Waals surface area contributed by atoms with Gasteiger partial charge in [0.2, 0.25) is 0 Å². The van der Waals surface area contributed by atoms with Gasteiger partial charge in [0.1, 0.15) is 0 Å². The Balaban J connectivity index is 2.10. The minimum absolute atomic E-state index is 0.729. The molecule has 1 aliphatic heterocycles. The molecule has 0 saturated carbocycles. The molecule has 94 valence electrons. The molecule has 0 aromatic carbocycles. The average Bonchev–Trinajstić information content (AvgIpc) is 2.30. The molecule has 0 bridgehead atoms. The lowest BCUT2D eigenvalue weighted by molar-refractivity contribution is 0.155. The van der Waals surface area contributed by atoms with Crippen LogP contribution in [0.2, 0.25) is 0 Å². The predicted molar refractivity (Wildman–Crippen MR) is 75.2 cm³/mol. The Bertz CT molecular complexity index is 196. The highest BCUT2D eigenvalue weighted by atomic mass is 32.2. The Hall–Kier alpha value is 0.01000. The molecule has 2 atom stereocenters. The van der Waals surface area contributed by atoms with E-state index < -0.39 is 0 Å². The maximum atomic E-state index is 3.73. The van der Waals surface area contributed by atoms with Gasteiger partial charge in [-0.2, -0.15) is 11.8 Å². The maximum Gasteiger partial charge on any atom is 0.0117 e. The molecule has 1 fully saturated rings. The van der Waals surface area contributed by atoms with E-state index >= 15 is 0 Å². The van der Waals surface area contributed by atoms with Crippen molar-refractivity contribution in [2.75, 3.05) is 37.7 Å². The number of nitrogens with zero attached hydrogens (tertiary/aromatic N) is 1. The van der Waals surface area contributed by atoms with E-state index in [1.54, 1.807) is 0 Å². The van der Waals surface area contributed by atoms with E-state index in [0.717, 1.165) is 24.3 Å². The van der Waals surface area contributed by atoms with Gasteiger partial charge in [0.25, 0.3) is 0 Å². The molecular weight excluding hydrogens is 216 g/mol. The first kappa shape index (κ1) is 14.1. The summed E-state index contributed by atoms with van der Waals surface area (Å²) in [5.41, 5.74) is 0. The molecule has 16 heavy (non-hydrogen) atoms. The van der Waals surface area contributed by atoms with Crippen LogP contribution < -0.4 is 5.32 Å². The Morgan fingerprint density at radius 1 is 1.56 bits per heavy atom. The molecule has 1 aliphatic rings. The molecule has 0 amide bonds. The Kier molecular flexibility index (Phi) is 7.17. The van der Waals surface area contributed by atoms with E-state index in [-0.39, 0.29) is 0 Å². The zero-order valence-corrected chi connectivity index (χ0v) is 11.6. The van der Waals surface area contributed by atoms with Crippen molar-refractivity contribution in [1.29, 1.82) is 0 Å². The highest BCUT2D eigenvalue weighted by Gasteiger charge is 2.24. The lowest BCUT2D eigenvalue weighted by Crippen LogP contribution is -2.48. The monoisotopic (exact) mass is 242 g/mol. The molecule has 1 heterocycles. The molecular formula is C13H26N2S. The van der Waals surface area contributed by atoms with E-state index in [0.29, 0.717) is 0 Å². The van der Waals surface area contributed by atoms with Crippen LogP contribution in [0, 0.1) is 5.92 Å². The predicted octanol–water partition coefficient (Wildman–Crippen LogP) is 2.23. The third-order valence-corrected chi connectivity index (χ3v) is 4.29. The largest absolute Gasteiger partial charge is 0.313 e. The van der Waals surface area contributed by atoms with Crippen LogP contribution in [0.25, 0.3) is 0 Å². The molecule has 1 saturated heterocycles. The second-order valence-electron chi connectivity index (χ2n) is 4.58. The minimum atomic E-state index is 0.729. The van der Waals surface area contributed by atoms with E-state index in [1.165, 1.54) is 31.8 Å². The standard InChI is InChI=1S/C13H26N2S/c1-4-9-16-10-7-14-13-6-8-15(5-2)11-12(13)3/h4,12-14H,1,5-11H2,2-3H3. The van der Waals surface area contributed by atoms with Crippen LogP contribution in [0.4, 0.5) is 0 Å². The quantitative estimate of drug-likeness (QED) is 0.544. The third-order valence-electron chi connectivity index (χ3n) is 3.33. The van der Waals surface area contributed by atoms with Crippen LogP contribution in [-0.2, 0) is 0 Å². The number of likely N-dealkylation sites (tertiary alicyclic amines) is 1. The summed E-state index contributed by atoms with van der Waals surface area (Å²) in [6, 6.07) is 0.729. The van der Waals surface area contributed by atoms with Gasteiger partial charge in [-0.3, -0.25) is 0 Å². The van der Waals surface area contributed by atoms with Crippen LogP contribution in [0.1, 0.15) is 20.3 Å². The van der Waals surface area contributed by atoms with Gasteiger partial charge in [-0.15, -0.1) is 6.58 Å². The highest BCUT2D eigenvalue weighted by Crippen LogP contribution is 2.16. The Morgan fingerprint density at radius 3 is 3.00 bits per heavy atom. The number of hydrogen-bond donors (Lipinski definition) is 1. The molecule has 0 spiro atoms. The fraction of sp³-hybridized carbons (Fsp3) is 0.846. The molecule has 0 radical (unpaired) electrons. The van der Waals surface area contributed by atoms with Crippen molar-refractivity contribution in [3.8, 4) is 0 Å². The lowest BCUT2D eigenvalue weighted by atomic mass is 9.94. The first-order valence-corrected chi connectivity index (χ1v) is 7.57. The third kappa shape index (κ3) is 4.89. The van der Waals surface area contributed by atoms with Crippen LogP contribution in [0.5, 0.6) is 0 Å². The molecule has 2 nitrogen and oxygen atoms in total. The summed E-state index contributed by atoms with van der Waals surface area (Å²) in [6.45, 7) is 13.2. The number of piperidine rings is 1. The molecule has 0 aliphatic carbocycles. The summed E-state index contributed by atoms with van der Waals surface area (Å²) >= 11 is 1.96. The summed E-state index contributed by atoms with van der Waals surface area (Å²) in [5.74, 6) is 3.07. The van der Waals surface area contributed by atoms with Crippen molar-refractivity contribution in [1.82, 2.24) is 10.2 Å². The SMILES string of the molecule is C=CCSCCNC1CCN(CC)CC1C. The summed E-state index contributed by atoms with van der Waals surface area (Å²) in [4.78, 5) is 2.55. The number of nitrogens with one attached hydrogen (secondary N) is 1. The number of thioether (sulfide) groups is 1. The molecule has 2 unspecified atom stereocenters. The fourth-order valence-electron chi connectivity index (χ4n) is 2.31. The molecule has 0 aromatic heterocycles. The summed E-state index contributed by atoms with van der Waals surface area (Å²) in [5, 5.41) is 3.69. The molecule has 0 aromatic rings. The van der Waals surface area contributed by atoms with Crippen LogP contribution in [0.3, 0.4) is 0 Å². The van der Waals surface area contributed by atoms with Crippen molar-refractivity contribution in [2.24, 2.45) is 5.92 Å². The van der Waals surface area contributed by atoms with Crippen molar-refractivity contribution in [3.63, 3.8) is 0 Å². The second kappa shape index (κ2) is 8.15. The normalized spacial score (nSPS) is 26.9. The molecule has 1 N–H and O–H groups in total. The zero-order chi connectivity index (χ0) is 11.8. The first-order chi connectivity index (χ1) is 7.77. The number of hydrogen-bond acceptors (Lipinski definition) is 3. The van der Waals surface area contributed by atoms with Crippen LogP contribution >= 0.6 is 11.8 Å². The van der Waals surface area contributed by atoms with E-state index in [1.807, 2.05) is 17.8 Å². The van der Waals surface area contributed by atoms with Gasteiger partial charge in [0.15, 0.2) is 0 Å². The minimum Gasteiger partial charge on any atom is -0.313 e. The molecule has 3 heteroatoms. The molecule has 1 rings (SSSR count). The van der Waals surface area contributed by atoms with Crippen LogP contribution in [-0.4, -0.2) is 48.6 Å². The Morgan fingerprint density at radius 2 is 2.38 bits per heavy atom. The van der Waals surface area contributed by atoms with Gasteiger partial charge in [-0.1, -0.05) is 19.9 Å².